The van der Waals surface area contributed by atoms with E-state index in [2.05, 4.69) is 6.58 Å². The van der Waals surface area contributed by atoms with Crippen LogP contribution >= 0.6 is 0 Å². The highest BCUT2D eigenvalue weighted by molar-refractivity contribution is 5.79. The van der Waals surface area contributed by atoms with Crippen molar-refractivity contribution >= 4 is 5.91 Å². The Bertz CT molecular complexity index is 269. The van der Waals surface area contributed by atoms with E-state index < -0.39 is 0 Å². The summed E-state index contributed by atoms with van der Waals surface area (Å²) in [7, 11) is 3.75. The van der Waals surface area contributed by atoms with E-state index in [0.717, 1.165) is 11.3 Å². The number of carbonyl (C=O) groups excluding carboxylic acids is 1. The maximum Gasteiger partial charge on any atom is 0.242 e. The Labute approximate surface area is 93.1 Å². The van der Waals surface area contributed by atoms with E-state index >= 15 is 0 Å². The van der Waals surface area contributed by atoms with Gasteiger partial charge >= 0.3 is 0 Å². The molecule has 1 rings (SSSR count). The molecular weight excluding hydrogens is 188 g/mol. The Balaban J connectivity index is 0.000000921. The first-order valence-corrected chi connectivity index (χ1v) is 5.32. The van der Waals surface area contributed by atoms with Gasteiger partial charge in [0, 0.05) is 19.8 Å². The van der Waals surface area contributed by atoms with Crippen molar-refractivity contribution in [2.24, 2.45) is 0 Å². The first-order valence-electron chi connectivity index (χ1n) is 5.32. The molecule has 0 spiro atoms. The molecular formula is C12H22N2O. The minimum atomic E-state index is 0.168. The number of carbonyl (C=O) groups is 1. The number of hydrogen-bond acceptors (Lipinski definition) is 2. The van der Waals surface area contributed by atoms with Gasteiger partial charge in [0.15, 0.2) is 0 Å². The van der Waals surface area contributed by atoms with Crippen LogP contribution in [0, 0.1) is 0 Å². The summed E-state index contributed by atoms with van der Waals surface area (Å²) < 4.78 is 0. The zero-order valence-electron chi connectivity index (χ0n) is 10.5. The normalized spacial score (nSPS) is 18.7. The van der Waals surface area contributed by atoms with E-state index in [1.54, 1.807) is 4.90 Å². The lowest BCUT2D eigenvalue weighted by Gasteiger charge is -2.33. The number of piperazine rings is 1. The Kier molecular flexibility index (Phi) is 5.75. The van der Waals surface area contributed by atoms with Gasteiger partial charge in [0.1, 0.15) is 0 Å². The third kappa shape index (κ3) is 4.19. The maximum atomic E-state index is 11.3. The number of nitrogens with zero attached hydrogens (tertiary/aromatic N) is 2. The molecule has 0 aliphatic carbocycles. The summed E-state index contributed by atoms with van der Waals surface area (Å²) in [6.45, 7) is 10.9. The highest BCUT2D eigenvalue weighted by Crippen LogP contribution is 2.12. The van der Waals surface area contributed by atoms with E-state index in [4.69, 9.17) is 0 Å². The summed E-state index contributed by atoms with van der Waals surface area (Å²) in [4.78, 5) is 15.0. The molecule has 1 fully saturated rings. The SMILES string of the molecule is C=C(C)/C=C1/CN(C)C(=O)CN1C.CC. The minimum Gasteiger partial charge on any atom is -0.367 e. The van der Waals surface area contributed by atoms with Crippen molar-refractivity contribution < 1.29 is 4.79 Å². The van der Waals surface area contributed by atoms with Crippen LogP contribution in [0.5, 0.6) is 0 Å². The molecule has 1 aliphatic rings. The zero-order valence-corrected chi connectivity index (χ0v) is 10.5. The molecule has 15 heavy (non-hydrogen) atoms. The molecule has 1 saturated heterocycles. The monoisotopic (exact) mass is 210 g/mol. The van der Waals surface area contributed by atoms with Crippen LogP contribution in [0.25, 0.3) is 0 Å². The van der Waals surface area contributed by atoms with Gasteiger partial charge in [0.2, 0.25) is 5.91 Å². The number of likely N-dealkylation sites (N-methyl/N-ethyl adjacent to an activating group) is 2. The molecule has 0 bridgehead atoms. The molecule has 86 valence electrons. The fraction of sp³-hybridized carbons (Fsp3) is 0.583. The van der Waals surface area contributed by atoms with E-state index in [0.29, 0.717) is 13.1 Å². The maximum absolute atomic E-state index is 11.3. The quantitative estimate of drug-likeness (QED) is 0.659. The van der Waals surface area contributed by atoms with Crippen LogP contribution in [0.2, 0.25) is 0 Å². The Morgan fingerprint density at radius 3 is 2.27 bits per heavy atom. The summed E-state index contributed by atoms with van der Waals surface area (Å²) in [5.74, 6) is 0.168. The van der Waals surface area contributed by atoms with Gasteiger partial charge in [-0.1, -0.05) is 26.0 Å². The van der Waals surface area contributed by atoms with Crippen LogP contribution < -0.4 is 0 Å². The first kappa shape index (κ1) is 13.8. The number of hydrogen-bond donors (Lipinski definition) is 0. The topological polar surface area (TPSA) is 23.6 Å². The zero-order chi connectivity index (χ0) is 12.0. The Morgan fingerprint density at radius 2 is 1.80 bits per heavy atom. The molecule has 0 saturated carbocycles. The molecule has 3 nitrogen and oxygen atoms in total. The molecule has 0 aromatic carbocycles. The molecule has 1 amide bonds. The molecule has 0 radical (unpaired) electrons. The van der Waals surface area contributed by atoms with E-state index in [9.17, 15) is 4.79 Å². The highest BCUT2D eigenvalue weighted by Gasteiger charge is 2.21. The lowest BCUT2D eigenvalue weighted by Crippen LogP contribution is -2.45. The van der Waals surface area contributed by atoms with Crippen LogP contribution in [0.1, 0.15) is 20.8 Å². The third-order valence-corrected chi connectivity index (χ3v) is 2.10. The summed E-state index contributed by atoms with van der Waals surface area (Å²) in [6, 6.07) is 0. The second kappa shape index (κ2) is 6.27. The fourth-order valence-corrected chi connectivity index (χ4v) is 1.32. The van der Waals surface area contributed by atoms with Crippen molar-refractivity contribution in [1.82, 2.24) is 9.80 Å². The smallest absolute Gasteiger partial charge is 0.242 e. The van der Waals surface area contributed by atoms with E-state index in [1.807, 2.05) is 45.8 Å². The average molecular weight is 210 g/mol. The first-order chi connectivity index (χ1) is 7.00. The molecule has 3 heteroatoms. The second-order valence-corrected chi connectivity index (χ2v) is 3.59. The average Bonchev–Trinajstić information content (AvgIpc) is 2.17. The number of amides is 1. The highest BCUT2D eigenvalue weighted by atomic mass is 16.2. The Hall–Kier alpha value is -1.25. The predicted molar refractivity (Wildman–Crippen MR) is 64.5 cm³/mol. The van der Waals surface area contributed by atoms with E-state index in [1.165, 1.54) is 0 Å². The van der Waals surface area contributed by atoms with Crippen LogP contribution in [0.4, 0.5) is 0 Å². The molecule has 0 aromatic heterocycles. The van der Waals surface area contributed by atoms with Gasteiger partial charge in [-0.2, -0.15) is 0 Å². The molecule has 0 unspecified atom stereocenters. The molecule has 1 aliphatic heterocycles. The van der Waals surface area contributed by atoms with Gasteiger partial charge in [-0.15, -0.1) is 0 Å². The van der Waals surface area contributed by atoms with Gasteiger partial charge in [-0.25, -0.2) is 0 Å². The second-order valence-electron chi connectivity index (χ2n) is 3.59. The van der Waals surface area contributed by atoms with Crippen molar-refractivity contribution in [2.75, 3.05) is 27.2 Å². The fourth-order valence-electron chi connectivity index (χ4n) is 1.32. The van der Waals surface area contributed by atoms with Gasteiger partial charge in [0.25, 0.3) is 0 Å². The van der Waals surface area contributed by atoms with Crippen LogP contribution in [-0.4, -0.2) is 42.9 Å². The van der Waals surface area contributed by atoms with E-state index in [-0.39, 0.29) is 5.91 Å². The summed E-state index contributed by atoms with van der Waals surface area (Å²) in [6.07, 6.45) is 2.02. The van der Waals surface area contributed by atoms with Crippen molar-refractivity contribution in [1.29, 1.82) is 0 Å². The number of rotatable bonds is 1. The summed E-state index contributed by atoms with van der Waals surface area (Å²) in [5, 5.41) is 0. The lowest BCUT2D eigenvalue weighted by atomic mass is 10.2. The van der Waals surface area contributed by atoms with Crippen LogP contribution in [0.15, 0.2) is 23.9 Å². The predicted octanol–water partition coefficient (Wildman–Crippen LogP) is 1.88. The minimum absolute atomic E-state index is 0.168. The molecule has 0 aromatic rings. The third-order valence-electron chi connectivity index (χ3n) is 2.10. The van der Waals surface area contributed by atoms with Gasteiger partial charge in [-0.05, 0) is 13.0 Å². The summed E-state index contributed by atoms with van der Waals surface area (Å²) >= 11 is 0. The van der Waals surface area contributed by atoms with Crippen molar-refractivity contribution in [3.63, 3.8) is 0 Å². The van der Waals surface area contributed by atoms with Crippen LogP contribution in [-0.2, 0) is 4.79 Å². The Morgan fingerprint density at radius 1 is 1.27 bits per heavy atom. The van der Waals surface area contributed by atoms with Crippen molar-refractivity contribution in [2.45, 2.75) is 20.8 Å². The van der Waals surface area contributed by atoms with Gasteiger partial charge in [0.05, 0.1) is 13.1 Å². The molecule has 0 N–H and O–H groups in total. The van der Waals surface area contributed by atoms with Crippen molar-refractivity contribution in [3.8, 4) is 0 Å². The standard InChI is InChI=1S/C10H16N2O.C2H6/c1-8(2)5-9-6-12(4)10(13)7-11(9)3;1-2/h5H,1,6-7H2,2-4H3;1-2H3/b9-5-;. The largest absolute Gasteiger partial charge is 0.367 e. The van der Waals surface area contributed by atoms with Gasteiger partial charge < -0.3 is 9.80 Å². The lowest BCUT2D eigenvalue weighted by molar-refractivity contribution is -0.132. The van der Waals surface area contributed by atoms with Crippen molar-refractivity contribution in [3.05, 3.63) is 23.9 Å². The summed E-state index contributed by atoms with van der Waals surface area (Å²) in [5.41, 5.74) is 2.17. The van der Waals surface area contributed by atoms with Gasteiger partial charge in [-0.3, -0.25) is 4.79 Å². The van der Waals surface area contributed by atoms with Crippen LogP contribution in [0.3, 0.4) is 0 Å². The molecule has 0 atom stereocenters. The molecule has 1 heterocycles. The number of allylic oxidation sites excluding steroid dienone is 2.